The number of nitro groups is 1. The average molecular weight is 267 g/mol. The van der Waals surface area contributed by atoms with Crippen molar-refractivity contribution >= 4 is 17.9 Å². The van der Waals surface area contributed by atoms with Gasteiger partial charge in [0.25, 0.3) is 0 Å². The van der Waals surface area contributed by atoms with Crippen molar-refractivity contribution in [2.45, 2.75) is 32.6 Å². The smallest absolute Gasteiger partial charge is 0.433 e. The zero-order chi connectivity index (χ0) is 14.1. The Balaban J connectivity index is 2.30. The molecule has 1 aromatic rings. The predicted molar refractivity (Wildman–Crippen MR) is 69.5 cm³/mol. The second-order valence-corrected chi connectivity index (χ2v) is 3.99. The van der Waals surface area contributed by atoms with Gasteiger partial charge in [-0.3, -0.25) is 10.1 Å². The first kappa shape index (κ1) is 14.9. The summed E-state index contributed by atoms with van der Waals surface area (Å²) in [6, 6.07) is 2.65. The Labute approximate surface area is 111 Å². The zero-order valence-electron chi connectivity index (χ0n) is 10.8. The van der Waals surface area contributed by atoms with Crippen LogP contribution in [0.4, 0.5) is 5.88 Å². The molecule has 0 unspecified atom stereocenters. The molecule has 0 N–H and O–H groups in total. The SMILES string of the molecule is CCCCCCOC(=O)/C=C/c1ccc([N+](=O)[O-])o1. The van der Waals surface area contributed by atoms with Gasteiger partial charge in [-0.2, -0.15) is 0 Å². The predicted octanol–water partition coefficient (Wildman–Crippen LogP) is 3.32. The van der Waals surface area contributed by atoms with E-state index in [1.54, 1.807) is 0 Å². The molecule has 0 fully saturated rings. The fourth-order valence-corrected chi connectivity index (χ4v) is 1.43. The van der Waals surface area contributed by atoms with Crippen LogP contribution in [-0.2, 0) is 9.53 Å². The normalized spacial score (nSPS) is 10.8. The Morgan fingerprint density at radius 3 is 2.84 bits per heavy atom. The number of ether oxygens (including phenoxy) is 1. The molecular weight excluding hydrogens is 250 g/mol. The molecule has 6 heteroatoms. The summed E-state index contributed by atoms with van der Waals surface area (Å²) >= 11 is 0. The first-order chi connectivity index (χ1) is 9.13. The van der Waals surface area contributed by atoms with E-state index in [2.05, 4.69) is 6.92 Å². The van der Waals surface area contributed by atoms with Crippen LogP contribution in [-0.4, -0.2) is 17.5 Å². The second kappa shape index (κ2) is 8.07. The van der Waals surface area contributed by atoms with Gasteiger partial charge in [-0.15, -0.1) is 0 Å². The van der Waals surface area contributed by atoms with E-state index in [-0.39, 0.29) is 11.6 Å². The molecule has 0 atom stereocenters. The summed E-state index contributed by atoms with van der Waals surface area (Å²) in [6.07, 6.45) is 6.69. The van der Waals surface area contributed by atoms with Crippen LogP contribution in [0.25, 0.3) is 6.08 Å². The zero-order valence-corrected chi connectivity index (χ0v) is 10.8. The van der Waals surface area contributed by atoms with Gasteiger partial charge < -0.3 is 9.15 Å². The Hall–Kier alpha value is -2.11. The van der Waals surface area contributed by atoms with Crippen LogP contribution in [0.5, 0.6) is 0 Å². The molecule has 0 saturated heterocycles. The summed E-state index contributed by atoms with van der Waals surface area (Å²) in [5.74, 6) is -0.585. The summed E-state index contributed by atoms with van der Waals surface area (Å²) in [5, 5.41) is 10.4. The van der Waals surface area contributed by atoms with Crippen molar-refractivity contribution in [2.75, 3.05) is 6.61 Å². The maximum Gasteiger partial charge on any atom is 0.433 e. The lowest BCUT2D eigenvalue weighted by molar-refractivity contribution is -0.402. The van der Waals surface area contributed by atoms with E-state index >= 15 is 0 Å². The number of carbonyl (C=O) groups is 1. The number of furan rings is 1. The lowest BCUT2D eigenvalue weighted by atomic mass is 10.2. The van der Waals surface area contributed by atoms with Crippen LogP contribution in [0, 0.1) is 10.1 Å². The monoisotopic (exact) mass is 267 g/mol. The Morgan fingerprint density at radius 2 is 2.21 bits per heavy atom. The molecule has 0 aromatic carbocycles. The van der Waals surface area contributed by atoms with Crippen molar-refractivity contribution in [3.63, 3.8) is 0 Å². The van der Waals surface area contributed by atoms with E-state index in [4.69, 9.17) is 9.15 Å². The van der Waals surface area contributed by atoms with Crippen molar-refractivity contribution in [3.8, 4) is 0 Å². The summed E-state index contributed by atoms with van der Waals surface area (Å²) in [4.78, 5) is 21.0. The third kappa shape index (κ3) is 5.85. The Bertz CT molecular complexity index is 450. The number of carbonyl (C=O) groups excluding carboxylic acids is 1. The van der Waals surface area contributed by atoms with Crippen LogP contribution in [0.3, 0.4) is 0 Å². The van der Waals surface area contributed by atoms with Crippen molar-refractivity contribution in [1.82, 2.24) is 0 Å². The van der Waals surface area contributed by atoms with Crippen LogP contribution < -0.4 is 0 Å². The second-order valence-electron chi connectivity index (χ2n) is 3.99. The van der Waals surface area contributed by atoms with Crippen molar-refractivity contribution < 1.29 is 18.9 Å². The van der Waals surface area contributed by atoms with Gasteiger partial charge >= 0.3 is 11.9 Å². The van der Waals surface area contributed by atoms with Crippen molar-refractivity contribution in [1.29, 1.82) is 0 Å². The Morgan fingerprint density at radius 1 is 1.42 bits per heavy atom. The van der Waals surface area contributed by atoms with Gasteiger partial charge in [0.1, 0.15) is 10.7 Å². The summed E-state index contributed by atoms with van der Waals surface area (Å²) in [6.45, 7) is 2.50. The summed E-state index contributed by atoms with van der Waals surface area (Å²) in [5.41, 5.74) is 0. The van der Waals surface area contributed by atoms with Gasteiger partial charge in [0.15, 0.2) is 0 Å². The molecule has 0 radical (unpaired) electrons. The maximum atomic E-state index is 11.3. The number of hydrogen-bond donors (Lipinski definition) is 0. The Kier molecular flexibility index (Phi) is 6.35. The minimum absolute atomic E-state index is 0.245. The summed E-state index contributed by atoms with van der Waals surface area (Å²) < 4.78 is 9.82. The number of rotatable bonds is 8. The van der Waals surface area contributed by atoms with Crippen molar-refractivity contribution in [3.05, 3.63) is 34.1 Å². The molecule has 0 aliphatic carbocycles. The molecule has 0 spiro atoms. The molecule has 6 nitrogen and oxygen atoms in total. The third-order valence-corrected chi connectivity index (χ3v) is 2.42. The van der Waals surface area contributed by atoms with Gasteiger partial charge in [0.2, 0.25) is 0 Å². The number of hydrogen-bond acceptors (Lipinski definition) is 5. The molecule has 1 aromatic heterocycles. The van der Waals surface area contributed by atoms with Gasteiger partial charge in [0.05, 0.1) is 12.7 Å². The van der Waals surface area contributed by atoms with Crippen LogP contribution in [0.2, 0.25) is 0 Å². The minimum atomic E-state index is -0.636. The number of unbranched alkanes of at least 4 members (excludes halogenated alkanes) is 3. The average Bonchev–Trinajstić information content (AvgIpc) is 2.85. The highest BCUT2D eigenvalue weighted by molar-refractivity contribution is 5.86. The molecule has 1 rings (SSSR count). The van der Waals surface area contributed by atoms with Gasteiger partial charge in [0, 0.05) is 6.08 Å². The lowest BCUT2D eigenvalue weighted by Gasteiger charge is -2.00. The molecule has 104 valence electrons. The molecule has 0 bridgehead atoms. The van der Waals surface area contributed by atoms with Crippen LogP contribution >= 0.6 is 0 Å². The van der Waals surface area contributed by atoms with E-state index in [0.29, 0.717) is 6.61 Å². The van der Waals surface area contributed by atoms with E-state index in [1.165, 1.54) is 24.3 Å². The van der Waals surface area contributed by atoms with Crippen LogP contribution in [0.1, 0.15) is 38.4 Å². The molecule has 0 amide bonds. The highest BCUT2D eigenvalue weighted by Gasteiger charge is 2.10. The maximum absolute atomic E-state index is 11.3. The number of nitrogens with zero attached hydrogens (tertiary/aromatic N) is 1. The van der Waals surface area contributed by atoms with Crippen molar-refractivity contribution in [2.24, 2.45) is 0 Å². The molecule has 1 heterocycles. The first-order valence-corrected chi connectivity index (χ1v) is 6.22. The first-order valence-electron chi connectivity index (χ1n) is 6.22. The highest BCUT2D eigenvalue weighted by Crippen LogP contribution is 2.16. The quantitative estimate of drug-likeness (QED) is 0.237. The molecule has 0 saturated carbocycles. The molecule has 19 heavy (non-hydrogen) atoms. The van der Waals surface area contributed by atoms with Gasteiger partial charge in [-0.25, -0.2) is 4.79 Å². The largest absolute Gasteiger partial charge is 0.463 e. The van der Waals surface area contributed by atoms with E-state index < -0.39 is 10.9 Å². The minimum Gasteiger partial charge on any atom is -0.463 e. The van der Waals surface area contributed by atoms with E-state index in [1.807, 2.05) is 0 Å². The van der Waals surface area contributed by atoms with E-state index in [0.717, 1.165) is 25.7 Å². The third-order valence-electron chi connectivity index (χ3n) is 2.42. The van der Waals surface area contributed by atoms with Gasteiger partial charge in [-0.1, -0.05) is 26.2 Å². The van der Waals surface area contributed by atoms with Crippen LogP contribution in [0.15, 0.2) is 22.6 Å². The standard InChI is InChI=1S/C13H17NO5/c1-2-3-4-5-10-18-13(15)9-7-11-6-8-12(19-11)14(16)17/h6-9H,2-5,10H2,1H3/b9-7+. The molecule has 0 aliphatic rings. The van der Waals surface area contributed by atoms with Gasteiger partial charge in [-0.05, 0) is 18.6 Å². The number of esters is 1. The fraction of sp³-hybridized carbons (Fsp3) is 0.462. The lowest BCUT2D eigenvalue weighted by Crippen LogP contribution is -2.01. The molecular formula is C13H17NO5. The summed E-state index contributed by atoms with van der Waals surface area (Å²) in [7, 11) is 0. The van der Waals surface area contributed by atoms with E-state index in [9.17, 15) is 14.9 Å². The fourth-order valence-electron chi connectivity index (χ4n) is 1.43. The topological polar surface area (TPSA) is 82.6 Å². The molecule has 0 aliphatic heterocycles. The highest BCUT2D eigenvalue weighted by atomic mass is 16.6.